The molecule has 0 spiro atoms. The van der Waals surface area contributed by atoms with Gasteiger partial charge in [0, 0.05) is 13.1 Å². The number of nitrogens with zero attached hydrogens (tertiary/aromatic N) is 4. The van der Waals surface area contributed by atoms with Crippen LogP contribution in [0.5, 0.6) is 0 Å². The van der Waals surface area contributed by atoms with Crippen molar-refractivity contribution in [1.29, 1.82) is 0 Å². The lowest BCUT2D eigenvalue weighted by Crippen LogP contribution is -2.38. The number of anilines is 1. The molecule has 10 heteroatoms. The highest BCUT2D eigenvalue weighted by atomic mass is 32.2. The van der Waals surface area contributed by atoms with Gasteiger partial charge in [0.1, 0.15) is 0 Å². The molecular formula is C14H19N7O2S. The molecule has 4 N–H and O–H groups in total. The maximum Gasteiger partial charge on any atom is 0.240 e. The van der Waals surface area contributed by atoms with Crippen LogP contribution < -0.4 is 15.9 Å². The van der Waals surface area contributed by atoms with Crippen LogP contribution in [0.4, 0.5) is 5.69 Å². The van der Waals surface area contributed by atoms with Crippen LogP contribution in [-0.4, -0.2) is 50.8 Å². The highest BCUT2D eigenvalue weighted by Crippen LogP contribution is 2.16. The summed E-state index contributed by atoms with van der Waals surface area (Å²) in [6, 6.07) is 6.35. The number of benzene rings is 1. The maximum atomic E-state index is 11.9. The second kappa shape index (κ2) is 6.57. The minimum absolute atomic E-state index is 0.150. The topological polar surface area (TPSA) is 125 Å². The van der Waals surface area contributed by atoms with Gasteiger partial charge in [0.15, 0.2) is 17.4 Å². The van der Waals surface area contributed by atoms with Crippen molar-refractivity contribution >= 4 is 33.1 Å². The van der Waals surface area contributed by atoms with Gasteiger partial charge in [-0.2, -0.15) is 5.10 Å². The van der Waals surface area contributed by atoms with E-state index in [1.54, 1.807) is 12.1 Å². The Morgan fingerprint density at radius 1 is 1.25 bits per heavy atom. The predicted octanol–water partition coefficient (Wildman–Crippen LogP) is 0.143. The lowest BCUT2D eigenvalue weighted by Gasteiger charge is -2.16. The number of sulfonamides is 1. The quantitative estimate of drug-likeness (QED) is 0.667. The van der Waals surface area contributed by atoms with Crippen LogP contribution in [-0.2, 0) is 10.0 Å². The molecule has 0 unspecified atom stereocenters. The summed E-state index contributed by atoms with van der Waals surface area (Å²) in [6.45, 7) is 1.80. The highest BCUT2D eigenvalue weighted by molar-refractivity contribution is 7.89. The molecule has 1 aromatic rings. The van der Waals surface area contributed by atoms with Gasteiger partial charge in [0.25, 0.3) is 0 Å². The van der Waals surface area contributed by atoms with Crippen molar-refractivity contribution in [3.05, 3.63) is 24.3 Å². The molecule has 0 aromatic heterocycles. The van der Waals surface area contributed by atoms with Crippen molar-refractivity contribution in [3.8, 4) is 0 Å². The van der Waals surface area contributed by atoms with Gasteiger partial charge in [-0.1, -0.05) is 6.07 Å². The van der Waals surface area contributed by atoms with Crippen molar-refractivity contribution in [1.82, 2.24) is 9.62 Å². The lowest BCUT2D eigenvalue weighted by atomic mass is 10.3. The molecule has 9 nitrogen and oxygen atoms in total. The molecule has 1 fully saturated rings. The molecule has 0 aliphatic carbocycles. The Bertz CT molecular complexity index is 823. The number of nitrogens with one attached hydrogen (secondary N) is 2. The van der Waals surface area contributed by atoms with Gasteiger partial charge in [-0.3, -0.25) is 5.43 Å². The van der Waals surface area contributed by atoms with Gasteiger partial charge in [-0.15, -0.1) is 10.2 Å². The number of rotatable bonds is 4. The fourth-order valence-electron chi connectivity index (χ4n) is 2.53. The third-order valence-electron chi connectivity index (χ3n) is 3.82. The van der Waals surface area contributed by atoms with Crippen molar-refractivity contribution in [2.45, 2.75) is 17.7 Å². The summed E-state index contributed by atoms with van der Waals surface area (Å²) in [4.78, 5) is 2.24. The molecule has 3 rings (SSSR count). The van der Waals surface area contributed by atoms with Crippen molar-refractivity contribution in [3.63, 3.8) is 0 Å². The zero-order valence-corrected chi connectivity index (χ0v) is 14.0. The number of hydrogen-bond donors (Lipinski definition) is 3. The second-order valence-electron chi connectivity index (χ2n) is 5.41. The fraction of sp³-hybridized carbons (Fsp3) is 0.357. The molecule has 1 aromatic carbocycles. The first-order valence-electron chi connectivity index (χ1n) is 7.55. The maximum absolute atomic E-state index is 11.9. The number of hydrogen-bond acceptors (Lipinski definition) is 8. The first-order chi connectivity index (χ1) is 11.5. The normalized spacial score (nSPS) is 19.5. The van der Waals surface area contributed by atoms with Gasteiger partial charge in [0.2, 0.25) is 10.0 Å². The third kappa shape index (κ3) is 3.24. The molecule has 0 saturated carbocycles. The molecule has 1 saturated heterocycles. The largest absolute Gasteiger partial charge is 0.380 e. The van der Waals surface area contributed by atoms with E-state index in [-0.39, 0.29) is 10.7 Å². The van der Waals surface area contributed by atoms with E-state index < -0.39 is 10.0 Å². The molecule has 2 aliphatic rings. The minimum Gasteiger partial charge on any atom is -0.380 e. The van der Waals surface area contributed by atoms with Crippen LogP contribution in [0, 0.1) is 0 Å². The van der Waals surface area contributed by atoms with Crippen LogP contribution in [0.25, 0.3) is 0 Å². The first kappa shape index (κ1) is 16.4. The zero-order valence-electron chi connectivity index (χ0n) is 13.2. The summed E-state index contributed by atoms with van der Waals surface area (Å²) in [5, 5.41) is 12.3. The molecule has 24 heavy (non-hydrogen) atoms. The standard InChI is InChI=1S/C14H19N7O2S/c1-16-24(22,23)11-6-4-5-10(9-11)17-18-12-13(15)19-20-14(12)21-7-2-3-8-21/h4-6,9,16-17H,2-3,7-8H2,1H3,(H2,15,18,19). The van der Waals surface area contributed by atoms with Gasteiger partial charge in [-0.25, -0.2) is 13.1 Å². The Balaban J connectivity index is 1.81. The fourth-order valence-corrected chi connectivity index (χ4v) is 3.31. The van der Waals surface area contributed by atoms with E-state index in [4.69, 9.17) is 5.73 Å². The van der Waals surface area contributed by atoms with Gasteiger partial charge < -0.3 is 10.6 Å². The van der Waals surface area contributed by atoms with E-state index in [1.165, 1.54) is 19.2 Å². The molecule has 2 heterocycles. The predicted molar refractivity (Wildman–Crippen MR) is 93.6 cm³/mol. The van der Waals surface area contributed by atoms with E-state index >= 15 is 0 Å². The van der Waals surface area contributed by atoms with Crippen LogP contribution in [0.3, 0.4) is 0 Å². The Morgan fingerprint density at radius 2 is 2.00 bits per heavy atom. The molecule has 0 bridgehead atoms. The van der Waals surface area contributed by atoms with E-state index in [2.05, 4.69) is 30.4 Å². The summed E-state index contributed by atoms with van der Waals surface area (Å²) in [7, 11) is -2.15. The smallest absolute Gasteiger partial charge is 0.240 e. The summed E-state index contributed by atoms with van der Waals surface area (Å²) in [6.07, 6.45) is 2.20. The Labute approximate surface area is 140 Å². The summed E-state index contributed by atoms with van der Waals surface area (Å²) >= 11 is 0. The molecular weight excluding hydrogens is 330 g/mol. The Morgan fingerprint density at radius 3 is 2.71 bits per heavy atom. The lowest BCUT2D eigenvalue weighted by molar-refractivity contribution is 0.525. The number of amidine groups is 2. The Hall–Kier alpha value is -2.46. The second-order valence-corrected chi connectivity index (χ2v) is 7.30. The molecule has 2 aliphatic heterocycles. The third-order valence-corrected chi connectivity index (χ3v) is 5.23. The summed E-state index contributed by atoms with van der Waals surface area (Å²) in [5.74, 6) is 0.889. The van der Waals surface area contributed by atoms with Crippen molar-refractivity contribution in [2.24, 2.45) is 21.0 Å². The Kier molecular flexibility index (Phi) is 4.49. The van der Waals surface area contributed by atoms with Crippen LogP contribution in [0.2, 0.25) is 0 Å². The van der Waals surface area contributed by atoms with E-state index in [0.29, 0.717) is 17.2 Å². The SMILES string of the molecule is CNS(=O)(=O)c1cccc(N/N=C2/C(N)=NN=C2N2CCCC2)c1. The average molecular weight is 349 g/mol. The van der Waals surface area contributed by atoms with Crippen molar-refractivity contribution < 1.29 is 8.42 Å². The van der Waals surface area contributed by atoms with Crippen LogP contribution in [0.15, 0.2) is 44.5 Å². The molecule has 0 amide bonds. The number of likely N-dealkylation sites (tertiary alicyclic amines) is 1. The van der Waals surface area contributed by atoms with Gasteiger partial charge >= 0.3 is 0 Å². The highest BCUT2D eigenvalue weighted by Gasteiger charge is 2.27. The number of hydrazone groups is 1. The van der Waals surface area contributed by atoms with Crippen LogP contribution in [0.1, 0.15) is 12.8 Å². The van der Waals surface area contributed by atoms with Gasteiger partial charge in [-0.05, 0) is 38.1 Å². The van der Waals surface area contributed by atoms with Crippen molar-refractivity contribution in [2.75, 3.05) is 25.6 Å². The van der Waals surface area contributed by atoms with E-state index in [0.717, 1.165) is 25.9 Å². The zero-order chi connectivity index (χ0) is 17.2. The molecule has 0 radical (unpaired) electrons. The van der Waals surface area contributed by atoms with E-state index in [1.807, 2.05) is 0 Å². The minimum atomic E-state index is -3.51. The first-order valence-corrected chi connectivity index (χ1v) is 9.04. The van der Waals surface area contributed by atoms with Crippen LogP contribution >= 0.6 is 0 Å². The van der Waals surface area contributed by atoms with E-state index in [9.17, 15) is 8.42 Å². The summed E-state index contributed by atoms with van der Waals surface area (Å²) in [5.41, 5.74) is 9.69. The monoisotopic (exact) mass is 349 g/mol. The van der Waals surface area contributed by atoms with Gasteiger partial charge in [0.05, 0.1) is 10.6 Å². The average Bonchev–Trinajstić information content (AvgIpc) is 3.23. The number of nitrogens with two attached hydrogens (primary N) is 1. The molecule has 128 valence electrons. The molecule has 0 atom stereocenters. The summed E-state index contributed by atoms with van der Waals surface area (Å²) < 4.78 is 26.0.